The van der Waals surface area contributed by atoms with Crippen LogP contribution in [0, 0.1) is 0 Å². The minimum Gasteiger partial charge on any atom is -0.493 e. The molecule has 1 unspecified atom stereocenters. The average Bonchev–Trinajstić information content (AvgIpc) is 2.56. The molecule has 0 saturated carbocycles. The van der Waals surface area contributed by atoms with Gasteiger partial charge in [-0.2, -0.15) is 0 Å². The van der Waals surface area contributed by atoms with Crippen molar-refractivity contribution in [3.05, 3.63) is 29.3 Å². The number of ether oxygens (including phenoxy) is 2. The van der Waals surface area contributed by atoms with Crippen LogP contribution in [0.25, 0.3) is 0 Å². The summed E-state index contributed by atoms with van der Waals surface area (Å²) in [6.07, 6.45) is -1.36. The van der Waals surface area contributed by atoms with Gasteiger partial charge in [-0.25, -0.2) is 0 Å². The SMILES string of the molecule is CCOc1cccc2c1C(=O)C(OC(C)=O)C2=O. The number of carbonyl (C=O) groups is 3. The molecule has 0 amide bonds. The molecule has 0 bridgehead atoms. The summed E-state index contributed by atoms with van der Waals surface area (Å²) < 4.78 is 10.1. The van der Waals surface area contributed by atoms with Gasteiger partial charge in [-0.3, -0.25) is 14.4 Å². The molecule has 1 aromatic carbocycles. The van der Waals surface area contributed by atoms with Gasteiger partial charge in [-0.05, 0) is 13.0 Å². The van der Waals surface area contributed by atoms with Crippen molar-refractivity contribution in [2.45, 2.75) is 20.0 Å². The van der Waals surface area contributed by atoms with Crippen molar-refractivity contribution in [2.24, 2.45) is 0 Å². The Balaban J connectivity index is 2.45. The molecule has 2 rings (SSSR count). The molecule has 5 nitrogen and oxygen atoms in total. The van der Waals surface area contributed by atoms with Crippen molar-refractivity contribution < 1.29 is 23.9 Å². The van der Waals surface area contributed by atoms with E-state index in [1.165, 1.54) is 6.07 Å². The lowest BCUT2D eigenvalue weighted by molar-refractivity contribution is -0.142. The third kappa shape index (κ3) is 1.88. The van der Waals surface area contributed by atoms with E-state index >= 15 is 0 Å². The fourth-order valence-electron chi connectivity index (χ4n) is 1.93. The molecule has 0 heterocycles. The second-order valence-electron chi connectivity index (χ2n) is 3.83. The second-order valence-corrected chi connectivity index (χ2v) is 3.83. The molecule has 5 heteroatoms. The number of benzene rings is 1. The topological polar surface area (TPSA) is 69.7 Å². The smallest absolute Gasteiger partial charge is 0.303 e. The molecule has 0 fully saturated rings. The minimum atomic E-state index is -1.36. The summed E-state index contributed by atoms with van der Waals surface area (Å²) in [4.78, 5) is 34.9. The van der Waals surface area contributed by atoms with Crippen LogP contribution in [0.4, 0.5) is 0 Å². The molecule has 0 N–H and O–H groups in total. The fourth-order valence-corrected chi connectivity index (χ4v) is 1.93. The first-order valence-electron chi connectivity index (χ1n) is 5.57. The van der Waals surface area contributed by atoms with Crippen molar-refractivity contribution in [3.63, 3.8) is 0 Å². The molecule has 18 heavy (non-hydrogen) atoms. The third-order valence-corrected chi connectivity index (χ3v) is 2.60. The highest BCUT2D eigenvalue weighted by atomic mass is 16.5. The van der Waals surface area contributed by atoms with E-state index in [1.807, 2.05) is 0 Å². The Hall–Kier alpha value is -2.17. The second kappa shape index (κ2) is 4.60. The van der Waals surface area contributed by atoms with Crippen molar-refractivity contribution >= 4 is 17.5 Å². The number of fused-ring (bicyclic) bond motifs is 1. The summed E-state index contributed by atoms with van der Waals surface area (Å²) in [6.45, 7) is 3.33. The highest BCUT2D eigenvalue weighted by Crippen LogP contribution is 2.32. The Morgan fingerprint density at radius 3 is 2.61 bits per heavy atom. The average molecular weight is 248 g/mol. The zero-order valence-electron chi connectivity index (χ0n) is 10.1. The molecular weight excluding hydrogens is 236 g/mol. The Kier molecular flexibility index (Phi) is 3.14. The monoisotopic (exact) mass is 248 g/mol. The summed E-state index contributed by atoms with van der Waals surface area (Å²) >= 11 is 0. The maximum absolute atomic E-state index is 12.1. The lowest BCUT2D eigenvalue weighted by Crippen LogP contribution is -2.27. The first-order chi connectivity index (χ1) is 8.56. The lowest BCUT2D eigenvalue weighted by atomic mass is 10.1. The number of carbonyl (C=O) groups excluding carboxylic acids is 3. The Morgan fingerprint density at radius 2 is 2.00 bits per heavy atom. The van der Waals surface area contributed by atoms with Gasteiger partial charge >= 0.3 is 5.97 Å². The van der Waals surface area contributed by atoms with Crippen LogP contribution in [-0.2, 0) is 9.53 Å². The number of hydrogen-bond donors (Lipinski definition) is 0. The summed E-state index contributed by atoms with van der Waals surface area (Å²) in [6, 6.07) is 4.77. The number of rotatable bonds is 3. The molecule has 0 aromatic heterocycles. The normalized spacial score (nSPS) is 17.6. The Morgan fingerprint density at radius 1 is 1.28 bits per heavy atom. The van der Waals surface area contributed by atoms with Crippen LogP contribution < -0.4 is 4.74 Å². The Labute approximate surface area is 104 Å². The predicted molar refractivity (Wildman–Crippen MR) is 61.8 cm³/mol. The van der Waals surface area contributed by atoms with Gasteiger partial charge in [-0.1, -0.05) is 12.1 Å². The fraction of sp³-hybridized carbons (Fsp3) is 0.308. The van der Waals surface area contributed by atoms with Crippen LogP contribution in [0.5, 0.6) is 5.75 Å². The molecule has 0 saturated heterocycles. The molecule has 94 valence electrons. The van der Waals surface area contributed by atoms with Crippen molar-refractivity contribution in [1.29, 1.82) is 0 Å². The summed E-state index contributed by atoms with van der Waals surface area (Å²) in [5, 5.41) is 0. The van der Waals surface area contributed by atoms with Gasteiger partial charge in [0.1, 0.15) is 5.75 Å². The molecule has 1 atom stereocenters. The van der Waals surface area contributed by atoms with E-state index in [9.17, 15) is 14.4 Å². The van der Waals surface area contributed by atoms with Crippen LogP contribution in [0.1, 0.15) is 34.6 Å². The van der Waals surface area contributed by atoms with Crippen LogP contribution in [0.2, 0.25) is 0 Å². The maximum atomic E-state index is 12.1. The van der Waals surface area contributed by atoms with Gasteiger partial charge in [0.2, 0.25) is 17.7 Å². The number of Topliss-reactive ketones (excluding diaryl/α,β-unsaturated/α-hetero) is 2. The van der Waals surface area contributed by atoms with Crippen LogP contribution >= 0.6 is 0 Å². The van der Waals surface area contributed by atoms with E-state index in [1.54, 1.807) is 19.1 Å². The van der Waals surface area contributed by atoms with E-state index in [4.69, 9.17) is 9.47 Å². The predicted octanol–water partition coefficient (Wildman–Crippen LogP) is 1.40. The summed E-state index contributed by atoms with van der Waals surface area (Å²) in [7, 11) is 0. The van der Waals surface area contributed by atoms with Gasteiger partial charge in [0, 0.05) is 12.5 Å². The highest BCUT2D eigenvalue weighted by Gasteiger charge is 2.43. The van der Waals surface area contributed by atoms with Crippen molar-refractivity contribution in [1.82, 2.24) is 0 Å². The number of ketones is 2. The summed E-state index contributed by atoms with van der Waals surface area (Å²) in [5.74, 6) is -1.32. The zero-order chi connectivity index (χ0) is 13.3. The van der Waals surface area contributed by atoms with Gasteiger partial charge in [0.15, 0.2) is 0 Å². The Bertz CT molecular complexity index is 532. The maximum Gasteiger partial charge on any atom is 0.303 e. The minimum absolute atomic E-state index is 0.204. The number of hydrogen-bond acceptors (Lipinski definition) is 5. The van der Waals surface area contributed by atoms with Crippen LogP contribution in [-0.4, -0.2) is 30.2 Å². The first kappa shape index (κ1) is 12.3. The summed E-state index contributed by atoms with van der Waals surface area (Å²) in [5.41, 5.74) is 0.452. The third-order valence-electron chi connectivity index (χ3n) is 2.60. The van der Waals surface area contributed by atoms with E-state index in [0.717, 1.165) is 6.92 Å². The lowest BCUT2D eigenvalue weighted by Gasteiger charge is -2.07. The largest absolute Gasteiger partial charge is 0.493 e. The zero-order valence-corrected chi connectivity index (χ0v) is 10.1. The quantitative estimate of drug-likeness (QED) is 0.597. The highest BCUT2D eigenvalue weighted by molar-refractivity contribution is 6.30. The first-order valence-corrected chi connectivity index (χ1v) is 5.57. The van der Waals surface area contributed by atoms with Gasteiger partial charge in [0.25, 0.3) is 0 Å². The molecule has 0 radical (unpaired) electrons. The molecular formula is C13H12O5. The van der Waals surface area contributed by atoms with Gasteiger partial charge in [0.05, 0.1) is 12.2 Å². The molecule has 1 aliphatic carbocycles. The standard InChI is InChI=1S/C13H12O5/c1-3-17-9-6-4-5-8-10(9)12(16)13(11(8)15)18-7(2)14/h4-6,13H,3H2,1-2H3. The van der Waals surface area contributed by atoms with Crippen LogP contribution in [0.15, 0.2) is 18.2 Å². The molecule has 1 aliphatic rings. The van der Waals surface area contributed by atoms with E-state index in [-0.39, 0.29) is 11.1 Å². The van der Waals surface area contributed by atoms with E-state index in [2.05, 4.69) is 0 Å². The van der Waals surface area contributed by atoms with Gasteiger partial charge in [-0.15, -0.1) is 0 Å². The van der Waals surface area contributed by atoms with Gasteiger partial charge < -0.3 is 9.47 Å². The van der Waals surface area contributed by atoms with Crippen molar-refractivity contribution in [3.8, 4) is 5.75 Å². The van der Waals surface area contributed by atoms with E-state index < -0.39 is 23.6 Å². The van der Waals surface area contributed by atoms with E-state index in [0.29, 0.717) is 12.4 Å². The molecule has 0 spiro atoms. The number of esters is 1. The van der Waals surface area contributed by atoms with Crippen LogP contribution in [0.3, 0.4) is 0 Å². The van der Waals surface area contributed by atoms with Crippen molar-refractivity contribution in [2.75, 3.05) is 6.61 Å². The molecule has 1 aromatic rings. The molecule has 0 aliphatic heterocycles.